The Balaban J connectivity index is 2.44. The van der Waals surface area contributed by atoms with Gasteiger partial charge in [-0.25, -0.2) is 0 Å². The van der Waals surface area contributed by atoms with E-state index in [1.165, 1.54) is 51.4 Å². The molecule has 1 fully saturated rings. The summed E-state index contributed by atoms with van der Waals surface area (Å²) in [7, 11) is 0. The first-order valence-corrected chi connectivity index (χ1v) is 8.32. The number of nitrogens with two attached hydrogens (primary N) is 1. The van der Waals surface area contributed by atoms with Crippen molar-refractivity contribution in [2.75, 3.05) is 32.8 Å². The molecule has 0 atom stereocenters. The molecule has 0 heterocycles. The van der Waals surface area contributed by atoms with Crippen LogP contribution in [0, 0.1) is 0 Å². The molecule has 0 bridgehead atoms. The van der Waals surface area contributed by atoms with Gasteiger partial charge in [-0.1, -0.05) is 46.0 Å². The number of ether oxygens (including phenoxy) is 1. The average Bonchev–Trinajstić information content (AvgIpc) is 2.69. The molecule has 3 nitrogen and oxygen atoms in total. The summed E-state index contributed by atoms with van der Waals surface area (Å²) in [6.45, 7) is 9.16. The molecule has 3 heteroatoms. The molecule has 1 rings (SSSR count). The fraction of sp³-hybridized carbons (Fsp3) is 1.00. The zero-order valence-corrected chi connectivity index (χ0v) is 13.1. The van der Waals surface area contributed by atoms with E-state index in [2.05, 4.69) is 18.7 Å². The lowest BCUT2D eigenvalue weighted by molar-refractivity contribution is 0.0387. The molecule has 1 aliphatic rings. The minimum Gasteiger partial charge on any atom is -0.380 e. The first-order valence-electron chi connectivity index (χ1n) is 8.32. The van der Waals surface area contributed by atoms with Crippen LogP contribution in [0.15, 0.2) is 0 Å². The number of rotatable bonds is 9. The third-order valence-electron chi connectivity index (χ3n) is 4.61. The maximum Gasteiger partial charge on any atom is 0.0593 e. The molecule has 0 aliphatic heterocycles. The van der Waals surface area contributed by atoms with Crippen molar-refractivity contribution in [3.63, 3.8) is 0 Å². The van der Waals surface area contributed by atoms with E-state index >= 15 is 0 Å². The van der Waals surface area contributed by atoms with Crippen LogP contribution in [0.4, 0.5) is 0 Å². The van der Waals surface area contributed by atoms with E-state index in [1.807, 2.05) is 0 Å². The standard InChI is InChI=1S/C16H34N2O/c1-3-5-13-19-14-12-18(4-2)16(15-17)10-8-6-7-9-11-16/h3-15,17H2,1-2H3. The summed E-state index contributed by atoms with van der Waals surface area (Å²) in [6, 6.07) is 0. The summed E-state index contributed by atoms with van der Waals surface area (Å²) >= 11 is 0. The fourth-order valence-electron chi connectivity index (χ4n) is 3.29. The third kappa shape index (κ3) is 5.41. The number of likely N-dealkylation sites (N-methyl/N-ethyl adjacent to an activating group) is 1. The normalized spacial score (nSPS) is 19.6. The second kappa shape index (κ2) is 9.73. The first-order chi connectivity index (χ1) is 9.29. The maximum atomic E-state index is 6.15. The third-order valence-corrected chi connectivity index (χ3v) is 4.61. The van der Waals surface area contributed by atoms with E-state index in [-0.39, 0.29) is 5.54 Å². The van der Waals surface area contributed by atoms with Gasteiger partial charge in [0.1, 0.15) is 0 Å². The van der Waals surface area contributed by atoms with E-state index < -0.39 is 0 Å². The zero-order valence-electron chi connectivity index (χ0n) is 13.1. The van der Waals surface area contributed by atoms with Crippen LogP contribution in [0.25, 0.3) is 0 Å². The second-order valence-electron chi connectivity index (χ2n) is 5.89. The molecule has 0 amide bonds. The van der Waals surface area contributed by atoms with Gasteiger partial charge in [0.05, 0.1) is 6.61 Å². The smallest absolute Gasteiger partial charge is 0.0593 e. The van der Waals surface area contributed by atoms with E-state index in [4.69, 9.17) is 10.5 Å². The highest BCUT2D eigenvalue weighted by Crippen LogP contribution is 2.31. The lowest BCUT2D eigenvalue weighted by Crippen LogP contribution is -2.54. The fourth-order valence-corrected chi connectivity index (χ4v) is 3.29. The molecule has 2 N–H and O–H groups in total. The van der Waals surface area contributed by atoms with Crippen molar-refractivity contribution in [3.8, 4) is 0 Å². The summed E-state index contributed by atoms with van der Waals surface area (Å²) in [4.78, 5) is 2.59. The molecule has 0 aromatic rings. The van der Waals surface area contributed by atoms with E-state index in [0.29, 0.717) is 0 Å². The van der Waals surface area contributed by atoms with Crippen molar-refractivity contribution in [1.82, 2.24) is 4.90 Å². The summed E-state index contributed by atoms with van der Waals surface area (Å²) in [5.74, 6) is 0. The van der Waals surface area contributed by atoms with Crippen molar-refractivity contribution >= 4 is 0 Å². The summed E-state index contributed by atoms with van der Waals surface area (Å²) in [6.07, 6.45) is 10.4. The van der Waals surface area contributed by atoms with Crippen LogP contribution in [0.1, 0.15) is 65.2 Å². The largest absolute Gasteiger partial charge is 0.380 e. The van der Waals surface area contributed by atoms with Gasteiger partial charge in [-0.2, -0.15) is 0 Å². The zero-order chi connectivity index (χ0) is 14.0. The van der Waals surface area contributed by atoms with Gasteiger partial charge in [0.2, 0.25) is 0 Å². The summed E-state index contributed by atoms with van der Waals surface area (Å²) in [5.41, 5.74) is 6.40. The molecule has 0 spiro atoms. The molecule has 1 aliphatic carbocycles. The Hall–Kier alpha value is -0.120. The van der Waals surface area contributed by atoms with Crippen LogP contribution in [0.3, 0.4) is 0 Å². The van der Waals surface area contributed by atoms with Gasteiger partial charge >= 0.3 is 0 Å². The van der Waals surface area contributed by atoms with Gasteiger partial charge < -0.3 is 10.5 Å². The van der Waals surface area contributed by atoms with E-state index in [0.717, 1.165) is 32.8 Å². The predicted molar refractivity (Wildman–Crippen MR) is 82.5 cm³/mol. The molecule has 114 valence electrons. The lowest BCUT2D eigenvalue weighted by atomic mass is 9.88. The molecule has 0 saturated heterocycles. The molecule has 0 unspecified atom stereocenters. The van der Waals surface area contributed by atoms with Crippen molar-refractivity contribution < 1.29 is 4.74 Å². The molecule has 19 heavy (non-hydrogen) atoms. The van der Waals surface area contributed by atoms with Crippen LogP contribution in [-0.4, -0.2) is 43.3 Å². The predicted octanol–water partition coefficient (Wildman–Crippen LogP) is 3.18. The number of unbranched alkanes of at least 4 members (excludes halogenated alkanes) is 1. The lowest BCUT2D eigenvalue weighted by Gasteiger charge is -2.43. The summed E-state index contributed by atoms with van der Waals surface area (Å²) < 4.78 is 5.74. The number of hydrogen-bond donors (Lipinski definition) is 1. The highest BCUT2D eigenvalue weighted by Gasteiger charge is 2.34. The van der Waals surface area contributed by atoms with Gasteiger partial charge in [-0.3, -0.25) is 4.90 Å². The Kier molecular flexibility index (Phi) is 8.67. The van der Waals surface area contributed by atoms with Crippen LogP contribution in [0.5, 0.6) is 0 Å². The quantitative estimate of drug-likeness (QED) is 0.516. The van der Waals surface area contributed by atoms with Gasteiger partial charge in [-0.05, 0) is 25.8 Å². The van der Waals surface area contributed by atoms with E-state index in [9.17, 15) is 0 Å². The summed E-state index contributed by atoms with van der Waals surface area (Å²) in [5, 5.41) is 0. The van der Waals surface area contributed by atoms with Crippen LogP contribution < -0.4 is 5.73 Å². The van der Waals surface area contributed by atoms with Gasteiger partial charge in [0.25, 0.3) is 0 Å². The van der Waals surface area contributed by atoms with Crippen molar-refractivity contribution in [3.05, 3.63) is 0 Å². The van der Waals surface area contributed by atoms with Crippen LogP contribution in [-0.2, 0) is 4.74 Å². The topological polar surface area (TPSA) is 38.5 Å². The monoisotopic (exact) mass is 270 g/mol. The Morgan fingerprint density at radius 2 is 1.74 bits per heavy atom. The SMILES string of the molecule is CCCCOCCN(CC)C1(CN)CCCCCC1. The molecular weight excluding hydrogens is 236 g/mol. The van der Waals surface area contributed by atoms with Gasteiger partial charge in [0.15, 0.2) is 0 Å². The highest BCUT2D eigenvalue weighted by molar-refractivity contribution is 4.92. The molecular formula is C16H34N2O. The minimum atomic E-state index is 0.249. The second-order valence-corrected chi connectivity index (χ2v) is 5.89. The Bertz CT molecular complexity index is 213. The Morgan fingerprint density at radius 1 is 1.05 bits per heavy atom. The van der Waals surface area contributed by atoms with Crippen molar-refractivity contribution in [2.45, 2.75) is 70.8 Å². The molecule has 1 saturated carbocycles. The highest BCUT2D eigenvalue weighted by atomic mass is 16.5. The Labute approximate surface area is 119 Å². The molecule has 0 aromatic heterocycles. The molecule has 0 radical (unpaired) electrons. The van der Waals surface area contributed by atoms with Crippen molar-refractivity contribution in [2.24, 2.45) is 5.73 Å². The van der Waals surface area contributed by atoms with Crippen LogP contribution in [0.2, 0.25) is 0 Å². The first kappa shape index (κ1) is 16.9. The minimum absolute atomic E-state index is 0.249. The van der Waals surface area contributed by atoms with Crippen molar-refractivity contribution in [1.29, 1.82) is 0 Å². The molecule has 0 aromatic carbocycles. The Morgan fingerprint density at radius 3 is 2.26 bits per heavy atom. The van der Waals surface area contributed by atoms with E-state index in [1.54, 1.807) is 0 Å². The number of nitrogens with zero attached hydrogens (tertiary/aromatic N) is 1. The maximum absolute atomic E-state index is 6.15. The number of hydrogen-bond acceptors (Lipinski definition) is 3. The van der Waals surface area contributed by atoms with Gasteiger partial charge in [0, 0.05) is 25.2 Å². The average molecular weight is 270 g/mol. The van der Waals surface area contributed by atoms with Crippen LogP contribution >= 0.6 is 0 Å². The van der Waals surface area contributed by atoms with Gasteiger partial charge in [-0.15, -0.1) is 0 Å².